The van der Waals surface area contributed by atoms with E-state index >= 15 is 0 Å². The molecule has 0 radical (unpaired) electrons. The van der Waals surface area contributed by atoms with Crippen LogP contribution in [-0.2, 0) is 6.42 Å². The van der Waals surface area contributed by atoms with Gasteiger partial charge < -0.3 is 9.84 Å². The maximum atomic E-state index is 10.9. The van der Waals surface area contributed by atoms with Crippen LogP contribution in [0, 0.1) is 0 Å². The maximum absolute atomic E-state index is 10.9. The Balaban J connectivity index is 2.26. The van der Waals surface area contributed by atoms with Gasteiger partial charge in [0.05, 0.1) is 17.3 Å². The number of aromatic carboxylic acids is 1. The molecule has 1 aromatic heterocycles. The van der Waals surface area contributed by atoms with Gasteiger partial charge in [-0.05, 0) is 45.2 Å². The first-order valence-electron chi connectivity index (χ1n) is 5.12. The van der Waals surface area contributed by atoms with Gasteiger partial charge >= 0.3 is 5.97 Å². The maximum Gasteiger partial charge on any atom is 0.348 e. The summed E-state index contributed by atoms with van der Waals surface area (Å²) in [6.07, 6.45) is 0.571. The van der Waals surface area contributed by atoms with Crippen molar-refractivity contribution in [2.75, 3.05) is 7.11 Å². The molecule has 0 aliphatic rings. The summed E-state index contributed by atoms with van der Waals surface area (Å²) in [5.74, 6) is -0.187. The largest absolute Gasteiger partial charge is 0.497 e. The Morgan fingerprint density at radius 1 is 1.56 bits per heavy atom. The Morgan fingerprint density at radius 2 is 2.33 bits per heavy atom. The summed E-state index contributed by atoms with van der Waals surface area (Å²) >= 11 is 4.27. The quantitative estimate of drug-likeness (QED) is 0.936. The molecule has 0 atom stereocenters. The van der Waals surface area contributed by atoms with Crippen LogP contribution in [0.25, 0.3) is 0 Å². The van der Waals surface area contributed by atoms with Gasteiger partial charge in [0.25, 0.3) is 0 Å². The summed E-state index contributed by atoms with van der Waals surface area (Å²) in [5.41, 5.74) is 1.75. The Kier molecular flexibility index (Phi) is 3.98. The molecule has 6 heteroatoms. The van der Waals surface area contributed by atoms with Crippen LogP contribution in [0.5, 0.6) is 5.75 Å². The summed E-state index contributed by atoms with van der Waals surface area (Å²) < 4.78 is 9.86. The van der Waals surface area contributed by atoms with Crippen molar-refractivity contribution in [1.82, 2.24) is 4.37 Å². The molecule has 0 bridgehead atoms. The van der Waals surface area contributed by atoms with E-state index in [-0.39, 0.29) is 4.88 Å². The second-order valence-corrected chi connectivity index (χ2v) is 5.17. The number of nitrogens with zero attached hydrogens (tertiary/aromatic N) is 1. The Labute approximate surface area is 117 Å². The predicted molar refractivity (Wildman–Crippen MR) is 72.6 cm³/mol. The molecule has 1 aromatic carbocycles. The summed E-state index contributed by atoms with van der Waals surface area (Å²) in [7, 11) is 1.61. The molecule has 0 saturated heterocycles. The van der Waals surface area contributed by atoms with Gasteiger partial charge in [0, 0.05) is 6.42 Å². The lowest BCUT2D eigenvalue weighted by Gasteiger charge is -2.03. The highest BCUT2D eigenvalue weighted by Crippen LogP contribution is 2.27. The second kappa shape index (κ2) is 5.49. The predicted octanol–water partition coefficient (Wildman–Crippen LogP) is 3.20. The minimum absolute atomic E-state index is 0.230. The third-order valence-electron chi connectivity index (χ3n) is 2.40. The van der Waals surface area contributed by atoms with E-state index in [2.05, 4.69) is 20.3 Å². The topological polar surface area (TPSA) is 59.4 Å². The third-order valence-corrected chi connectivity index (χ3v) is 4.39. The molecule has 0 saturated carbocycles. The zero-order valence-corrected chi connectivity index (χ0v) is 11.9. The van der Waals surface area contributed by atoms with Gasteiger partial charge in [-0.25, -0.2) is 4.79 Å². The summed E-state index contributed by atoms with van der Waals surface area (Å²) in [5, 5.41) is 8.95. The molecule has 2 aromatic rings. The number of carbonyl (C=O) groups is 1. The van der Waals surface area contributed by atoms with Crippen molar-refractivity contribution in [3.63, 3.8) is 0 Å². The first-order valence-corrected chi connectivity index (χ1v) is 6.68. The fourth-order valence-corrected chi connectivity index (χ4v) is 2.90. The van der Waals surface area contributed by atoms with Crippen molar-refractivity contribution in [2.45, 2.75) is 6.42 Å². The molecule has 0 unspecified atom stereocenters. The van der Waals surface area contributed by atoms with Gasteiger partial charge in [0.1, 0.15) is 10.6 Å². The minimum Gasteiger partial charge on any atom is -0.497 e. The van der Waals surface area contributed by atoms with Gasteiger partial charge in [0.15, 0.2) is 0 Å². The van der Waals surface area contributed by atoms with E-state index in [0.717, 1.165) is 28.5 Å². The zero-order valence-electron chi connectivity index (χ0n) is 9.51. The zero-order chi connectivity index (χ0) is 13.1. The first-order chi connectivity index (χ1) is 8.61. The Bertz CT molecular complexity index is 582. The molecular formula is C12H10BrNO3S. The number of benzene rings is 1. The number of aromatic nitrogens is 1. The SMILES string of the molecule is COc1cccc(Cc2nsc(C(=O)O)c2Br)c1. The van der Waals surface area contributed by atoms with Gasteiger partial charge in [-0.1, -0.05) is 12.1 Å². The molecule has 0 amide bonds. The molecule has 0 spiro atoms. The van der Waals surface area contributed by atoms with Gasteiger partial charge in [-0.15, -0.1) is 0 Å². The van der Waals surface area contributed by atoms with Gasteiger partial charge in [-0.2, -0.15) is 4.37 Å². The third kappa shape index (κ3) is 2.70. The number of halogens is 1. The normalized spacial score (nSPS) is 10.3. The second-order valence-electron chi connectivity index (χ2n) is 3.61. The van der Waals surface area contributed by atoms with Crippen molar-refractivity contribution in [3.05, 3.63) is 44.9 Å². The molecule has 0 fully saturated rings. The van der Waals surface area contributed by atoms with E-state index in [9.17, 15) is 4.79 Å². The number of hydrogen-bond donors (Lipinski definition) is 1. The fraction of sp³-hybridized carbons (Fsp3) is 0.167. The van der Waals surface area contributed by atoms with Crippen molar-refractivity contribution in [1.29, 1.82) is 0 Å². The van der Waals surface area contributed by atoms with Crippen LogP contribution >= 0.6 is 27.5 Å². The molecular weight excluding hydrogens is 318 g/mol. The first kappa shape index (κ1) is 13.0. The fourth-order valence-electron chi connectivity index (χ4n) is 1.53. The number of ether oxygens (including phenoxy) is 1. The van der Waals surface area contributed by atoms with E-state index in [4.69, 9.17) is 9.84 Å². The Morgan fingerprint density at radius 3 is 2.94 bits per heavy atom. The molecule has 4 nitrogen and oxygen atoms in total. The highest BCUT2D eigenvalue weighted by atomic mass is 79.9. The average Bonchev–Trinajstić information content (AvgIpc) is 2.71. The molecule has 2 rings (SSSR count). The van der Waals surface area contributed by atoms with Crippen molar-refractivity contribution < 1.29 is 14.6 Å². The van der Waals surface area contributed by atoms with E-state index in [1.807, 2.05) is 24.3 Å². The molecule has 94 valence electrons. The summed E-state index contributed by atoms with van der Waals surface area (Å²) in [4.78, 5) is 11.1. The van der Waals surface area contributed by atoms with Crippen molar-refractivity contribution >= 4 is 33.4 Å². The summed E-state index contributed by atoms with van der Waals surface area (Å²) in [6.45, 7) is 0. The van der Waals surface area contributed by atoms with Crippen LogP contribution in [0.2, 0.25) is 0 Å². The van der Waals surface area contributed by atoms with E-state index in [1.54, 1.807) is 7.11 Å². The van der Waals surface area contributed by atoms with Crippen molar-refractivity contribution in [3.8, 4) is 5.75 Å². The number of methoxy groups -OCH3 is 1. The standard InChI is InChI=1S/C12H10BrNO3S/c1-17-8-4-2-3-7(5-8)6-9-10(13)11(12(15)16)18-14-9/h2-5H,6H2,1H3,(H,15,16). The van der Waals surface area contributed by atoms with E-state index < -0.39 is 5.97 Å². The van der Waals surface area contributed by atoms with E-state index in [1.165, 1.54) is 0 Å². The molecule has 18 heavy (non-hydrogen) atoms. The average molecular weight is 328 g/mol. The monoisotopic (exact) mass is 327 g/mol. The van der Waals surface area contributed by atoms with Crippen LogP contribution < -0.4 is 4.74 Å². The lowest BCUT2D eigenvalue weighted by molar-refractivity contribution is 0.0701. The van der Waals surface area contributed by atoms with Crippen LogP contribution in [-0.4, -0.2) is 22.6 Å². The highest BCUT2D eigenvalue weighted by Gasteiger charge is 2.17. The number of rotatable bonds is 4. The Hall–Kier alpha value is -1.40. The highest BCUT2D eigenvalue weighted by molar-refractivity contribution is 9.10. The summed E-state index contributed by atoms with van der Waals surface area (Å²) in [6, 6.07) is 7.62. The van der Waals surface area contributed by atoms with Gasteiger partial charge in [-0.3, -0.25) is 0 Å². The van der Waals surface area contributed by atoms with Crippen LogP contribution in [0.3, 0.4) is 0 Å². The van der Waals surface area contributed by atoms with Crippen LogP contribution in [0.15, 0.2) is 28.7 Å². The van der Waals surface area contributed by atoms with Crippen LogP contribution in [0.1, 0.15) is 20.9 Å². The number of carboxylic acids is 1. The molecule has 1 N–H and O–H groups in total. The minimum atomic E-state index is -0.962. The van der Waals surface area contributed by atoms with Crippen molar-refractivity contribution in [2.24, 2.45) is 0 Å². The number of hydrogen-bond acceptors (Lipinski definition) is 4. The van der Waals surface area contributed by atoms with Crippen LogP contribution in [0.4, 0.5) is 0 Å². The molecule has 0 aliphatic carbocycles. The lowest BCUT2D eigenvalue weighted by Crippen LogP contribution is -1.94. The smallest absolute Gasteiger partial charge is 0.348 e. The lowest BCUT2D eigenvalue weighted by atomic mass is 10.1. The molecule has 1 heterocycles. The van der Waals surface area contributed by atoms with E-state index in [0.29, 0.717) is 10.9 Å². The number of carboxylic acid groups (broad SMARTS) is 1. The molecule has 0 aliphatic heterocycles. The van der Waals surface area contributed by atoms with Gasteiger partial charge in [0.2, 0.25) is 0 Å².